The normalized spacial score (nSPS) is 11.7. The van der Waals surface area contributed by atoms with E-state index < -0.39 is 10.0 Å². The van der Waals surface area contributed by atoms with Crippen molar-refractivity contribution in [2.45, 2.75) is 37.7 Å². The molecule has 0 atom stereocenters. The Hall–Kier alpha value is -2.69. The molecule has 3 rings (SSSR count). The van der Waals surface area contributed by atoms with Gasteiger partial charge in [-0.2, -0.15) is 4.31 Å². The van der Waals surface area contributed by atoms with E-state index in [4.69, 9.17) is 0 Å². The van der Waals surface area contributed by atoms with Crippen molar-refractivity contribution in [2.24, 2.45) is 0 Å². The highest BCUT2D eigenvalue weighted by molar-refractivity contribution is 7.99. The number of hydrogen-bond donors (Lipinski definition) is 1. The molecule has 0 radical (unpaired) electrons. The molecule has 3 aromatic rings. The van der Waals surface area contributed by atoms with Crippen LogP contribution in [0.5, 0.6) is 0 Å². The van der Waals surface area contributed by atoms with Gasteiger partial charge in [-0.15, -0.1) is 10.2 Å². The molecule has 10 heteroatoms. The third kappa shape index (κ3) is 5.37. The van der Waals surface area contributed by atoms with Crippen LogP contribution in [0.25, 0.3) is 5.69 Å². The van der Waals surface area contributed by atoms with Crippen LogP contribution in [0.2, 0.25) is 0 Å². The molecular formula is C22H27N5O3S2. The third-order valence-corrected chi connectivity index (χ3v) is 7.86. The topological polar surface area (TPSA) is 97.2 Å². The van der Waals surface area contributed by atoms with Crippen molar-refractivity contribution in [1.29, 1.82) is 0 Å². The number of aromatic nitrogens is 3. The van der Waals surface area contributed by atoms with Crippen LogP contribution in [0.1, 0.15) is 25.2 Å². The van der Waals surface area contributed by atoms with Crippen molar-refractivity contribution < 1.29 is 13.2 Å². The fourth-order valence-corrected chi connectivity index (χ4v) is 5.51. The summed E-state index contributed by atoms with van der Waals surface area (Å²) in [4.78, 5) is 12.7. The first-order valence-corrected chi connectivity index (χ1v) is 12.7. The van der Waals surface area contributed by atoms with E-state index in [1.807, 2.05) is 42.7 Å². The molecule has 1 aromatic heterocycles. The molecule has 0 saturated heterocycles. The van der Waals surface area contributed by atoms with Crippen LogP contribution in [0.3, 0.4) is 0 Å². The molecule has 2 aromatic carbocycles. The van der Waals surface area contributed by atoms with Gasteiger partial charge in [0.1, 0.15) is 5.82 Å². The molecule has 8 nitrogen and oxygen atoms in total. The number of sulfonamides is 1. The molecule has 32 heavy (non-hydrogen) atoms. The van der Waals surface area contributed by atoms with Gasteiger partial charge in [0.25, 0.3) is 0 Å². The van der Waals surface area contributed by atoms with E-state index in [0.29, 0.717) is 23.9 Å². The minimum absolute atomic E-state index is 0.142. The highest BCUT2D eigenvalue weighted by Crippen LogP contribution is 2.23. The second-order valence-corrected chi connectivity index (χ2v) is 10.0. The Morgan fingerprint density at radius 3 is 2.38 bits per heavy atom. The summed E-state index contributed by atoms with van der Waals surface area (Å²) >= 11 is 1.29. The number of rotatable bonds is 9. The second-order valence-electron chi connectivity index (χ2n) is 7.15. The Morgan fingerprint density at radius 2 is 1.75 bits per heavy atom. The molecule has 0 unspecified atom stereocenters. The molecule has 1 N–H and O–H groups in total. The highest BCUT2D eigenvalue weighted by Gasteiger charge is 2.21. The number of thioether (sulfide) groups is 1. The molecule has 170 valence electrons. The number of nitrogens with zero attached hydrogens (tertiary/aromatic N) is 4. The Kier molecular flexibility index (Phi) is 7.70. The molecule has 0 fully saturated rings. The van der Waals surface area contributed by atoms with Crippen molar-refractivity contribution in [1.82, 2.24) is 19.1 Å². The lowest BCUT2D eigenvalue weighted by Gasteiger charge is -2.18. The van der Waals surface area contributed by atoms with E-state index in [1.54, 1.807) is 26.0 Å². The summed E-state index contributed by atoms with van der Waals surface area (Å²) in [6, 6.07) is 14.2. The summed E-state index contributed by atoms with van der Waals surface area (Å²) in [6.45, 7) is 8.29. The largest absolute Gasteiger partial charge is 0.325 e. The SMILES string of the molecule is CCN(CC)S(=O)(=O)c1ccc(NC(=O)CSc2nnc(C)n2-c2cccc(C)c2)cc1. The van der Waals surface area contributed by atoms with Crippen LogP contribution in [0, 0.1) is 13.8 Å². The quantitative estimate of drug-likeness (QED) is 0.477. The number of benzene rings is 2. The van der Waals surface area contributed by atoms with Gasteiger partial charge in [-0.3, -0.25) is 9.36 Å². The Labute approximate surface area is 193 Å². The van der Waals surface area contributed by atoms with Crippen molar-refractivity contribution in [2.75, 3.05) is 24.2 Å². The molecule has 0 bridgehead atoms. The number of amides is 1. The molecule has 1 amide bonds. The Morgan fingerprint density at radius 1 is 1.06 bits per heavy atom. The van der Waals surface area contributed by atoms with Crippen molar-refractivity contribution in [3.63, 3.8) is 0 Å². The van der Waals surface area contributed by atoms with Crippen molar-refractivity contribution in [3.8, 4) is 5.69 Å². The van der Waals surface area contributed by atoms with Gasteiger partial charge in [-0.1, -0.05) is 37.7 Å². The average Bonchev–Trinajstić information content (AvgIpc) is 3.13. The number of hydrogen-bond acceptors (Lipinski definition) is 6. The summed E-state index contributed by atoms with van der Waals surface area (Å²) < 4.78 is 28.5. The molecule has 0 spiro atoms. The predicted molar refractivity (Wildman–Crippen MR) is 127 cm³/mol. The second kappa shape index (κ2) is 10.3. The van der Waals surface area contributed by atoms with Gasteiger partial charge in [-0.25, -0.2) is 8.42 Å². The van der Waals surface area contributed by atoms with Crippen LogP contribution in [0.4, 0.5) is 5.69 Å². The zero-order chi connectivity index (χ0) is 23.3. The fourth-order valence-electron chi connectivity index (χ4n) is 3.25. The Bertz CT molecular complexity index is 1190. The fraction of sp³-hybridized carbons (Fsp3) is 0.318. The minimum Gasteiger partial charge on any atom is -0.325 e. The van der Waals surface area contributed by atoms with Crippen molar-refractivity contribution in [3.05, 3.63) is 59.9 Å². The van der Waals surface area contributed by atoms with Crippen LogP contribution < -0.4 is 5.32 Å². The van der Waals surface area contributed by atoms with Crippen LogP contribution in [-0.4, -0.2) is 52.2 Å². The molecular weight excluding hydrogens is 446 g/mol. The first-order chi connectivity index (χ1) is 15.3. The van der Waals surface area contributed by atoms with Gasteiger partial charge in [0, 0.05) is 24.5 Å². The van der Waals surface area contributed by atoms with Gasteiger partial charge in [0.15, 0.2) is 5.16 Å². The number of carbonyl (C=O) groups excluding carboxylic acids is 1. The number of carbonyl (C=O) groups is 1. The maximum absolute atomic E-state index is 12.6. The maximum Gasteiger partial charge on any atom is 0.243 e. The highest BCUT2D eigenvalue weighted by atomic mass is 32.2. The molecule has 0 saturated carbocycles. The van der Waals surface area contributed by atoms with Gasteiger partial charge in [0.2, 0.25) is 15.9 Å². The van der Waals surface area contributed by atoms with Crippen LogP contribution in [-0.2, 0) is 14.8 Å². The third-order valence-electron chi connectivity index (χ3n) is 4.87. The predicted octanol–water partition coefficient (Wildman–Crippen LogP) is 3.65. The van der Waals surface area contributed by atoms with E-state index in [0.717, 1.165) is 17.1 Å². The Balaban J connectivity index is 1.65. The summed E-state index contributed by atoms with van der Waals surface area (Å²) in [6.07, 6.45) is 0. The summed E-state index contributed by atoms with van der Waals surface area (Å²) in [5.41, 5.74) is 2.60. The van der Waals surface area contributed by atoms with Gasteiger partial charge < -0.3 is 5.32 Å². The monoisotopic (exact) mass is 473 g/mol. The standard InChI is InChI=1S/C22H27N5O3S2/c1-5-26(6-2)32(29,30)20-12-10-18(11-13-20)23-21(28)15-31-22-25-24-17(4)27(22)19-9-7-8-16(3)14-19/h7-14H,5-6,15H2,1-4H3,(H,23,28). The maximum atomic E-state index is 12.6. The van der Waals surface area contributed by atoms with Gasteiger partial charge in [-0.05, 0) is 55.8 Å². The lowest BCUT2D eigenvalue weighted by Crippen LogP contribution is -2.30. The number of anilines is 1. The van der Waals surface area contributed by atoms with Crippen LogP contribution >= 0.6 is 11.8 Å². The first kappa shape index (κ1) is 24.0. The van der Waals surface area contributed by atoms with E-state index in [-0.39, 0.29) is 16.6 Å². The summed E-state index contributed by atoms with van der Waals surface area (Å²) in [7, 11) is -3.53. The van der Waals surface area contributed by atoms with E-state index >= 15 is 0 Å². The lowest BCUT2D eigenvalue weighted by atomic mass is 10.2. The van der Waals surface area contributed by atoms with Gasteiger partial charge in [0.05, 0.1) is 10.6 Å². The molecule has 0 aliphatic heterocycles. The smallest absolute Gasteiger partial charge is 0.243 e. The van der Waals surface area contributed by atoms with E-state index in [9.17, 15) is 13.2 Å². The zero-order valence-electron chi connectivity index (χ0n) is 18.6. The average molecular weight is 474 g/mol. The van der Waals surface area contributed by atoms with E-state index in [1.165, 1.54) is 28.2 Å². The van der Waals surface area contributed by atoms with Crippen LogP contribution in [0.15, 0.2) is 58.6 Å². The van der Waals surface area contributed by atoms with Gasteiger partial charge >= 0.3 is 0 Å². The lowest BCUT2D eigenvalue weighted by molar-refractivity contribution is -0.113. The molecule has 0 aliphatic carbocycles. The molecule has 0 aliphatic rings. The summed E-state index contributed by atoms with van der Waals surface area (Å²) in [5, 5.41) is 11.8. The number of nitrogens with one attached hydrogen (secondary N) is 1. The summed E-state index contributed by atoms with van der Waals surface area (Å²) in [5.74, 6) is 0.665. The first-order valence-electron chi connectivity index (χ1n) is 10.3. The molecule has 1 heterocycles. The minimum atomic E-state index is -3.53. The number of aryl methyl sites for hydroxylation is 2. The van der Waals surface area contributed by atoms with Crippen molar-refractivity contribution >= 4 is 33.4 Å². The zero-order valence-corrected chi connectivity index (χ0v) is 20.2. The van der Waals surface area contributed by atoms with E-state index in [2.05, 4.69) is 15.5 Å².